The van der Waals surface area contributed by atoms with Gasteiger partial charge in [0, 0.05) is 13.1 Å². The van der Waals surface area contributed by atoms with Gasteiger partial charge in [0.2, 0.25) is 10.0 Å². The zero-order valence-corrected chi connectivity index (χ0v) is 15.9. The normalized spacial score (nSPS) is 11.9. The minimum absolute atomic E-state index is 0.137. The number of ether oxygens (including phenoxy) is 1. The number of hydrogen-bond acceptors (Lipinski definition) is 6. The molecule has 9 heteroatoms. The Labute approximate surface area is 147 Å². The molecule has 0 spiro atoms. The number of rotatable bonds is 7. The highest BCUT2D eigenvalue weighted by Crippen LogP contribution is 2.24. The van der Waals surface area contributed by atoms with Crippen LogP contribution in [0.2, 0.25) is 0 Å². The van der Waals surface area contributed by atoms with Crippen LogP contribution in [0.3, 0.4) is 0 Å². The van der Waals surface area contributed by atoms with Crippen LogP contribution < -0.4 is 0 Å². The van der Waals surface area contributed by atoms with Crippen LogP contribution in [0.5, 0.6) is 0 Å². The SMILES string of the molecule is CCN(CC)S(=O)(=O)c1c(C)nn(Cc2occc2C(=O)OC)c1C. The summed E-state index contributed by atoms with van der Waals surface area (Å²) in [6.07, 6.45) is 1.39. The van der Waals surface area contributed by atoms with Crippen LogP contribution in [0.4, 0.5) is 0 Å². The van der Waals surface area contributed by atoms with Gasteiger partial charge < -0.3 is 9.15 Å². The van der Waals surface area contributed by atoms with Gasteiger partial charge in [0.1, 0.15) is 22.8 Å². The van der Waals surface area contributed by atoms with Gasteiger partial charge in [-0.25, -0.2) is 13.2 Å². The van der Waals surface area contributed by atoms with E-state index < -0.39 is 16.0 Å². The molecule has 0 N–H and O–H groups in total. The number of sulfonamides is 1. The number of carbonyl (C=O) groups is 1. The second-order valence-corrected chi connectivity index (χ2v) is 7.37. The van der Waals surface area contributed by atoms with Crippen molar-refractivity contribution in [1.29, 1.82) is 0 Å². The molecule has 0 saturated carbocycles. The van der Waals surface area contributed by atoms with E-state index >= 15 is 0 Å². The topological polar surface area (TPSA) is 94.6 Å². The summed E-state index contributed by atoms with van der Waals surface area (Å²) in [6.45, 7) is 7.84. The van der Waals surface area contributed by atoms with E-state index in [0.717, 1.165) is 0 Å². The second-order valence-electron chi connectivity index (χ2n) is 5.50. The predicted molar refractivity (Wildman–Crippen MR) is 91.0 cm³/mol. The number of aromatic nitrogens is 2. The first-order valence-corrected chi connectivity index (χ1v) is 9.40. The lowest BCUT2D eigenvalue weighted by Crippen LogP contribution is -2.31. The number of methoxy groups -OCH3 is 1. The zero-order valence-electron chi connectivity index (χ0n) is 15.1. The van der Waals surface area contributed by atoms with Crippen molar-refractivity contribution >= 4 is 16.0 Å². The molecule has 2 rings (SSSR count). The average molecular weight is 369 g/mol. The lowest BCUT2D eigenvalue weighted by molar-refractivity contribution is 0.0598. The summed E-state index contributed by atoms with van der Waals surface area (Å²) in [7, 11) is -2.34. The molecule has 0 bridgehead atoms. The number of aryl methyl sites for hydroxylation is 1. The number of carbonyl (C=O) groups excluding carboxylic acids is 1. The van der Waals surface area contributed by atoms with Crippen molar-refractivity contribution in [3.8, 4) is 0 Å². The largest absolute Gasteiger partial charge is 0.466 e. The van der Waals surface area contributed by atoms with Crippen molar-refractivity contribution in [1.82, 2.24) is 14.1 Å². The first-order chi connectivity index (χ1) is 11.8. The first-order valence-electron chi connectivity index (χ1n) is 7.96. The van der Waals surface area contributed by atoms with Crippen molar-refractivity contribution in [2.45, 2.75) is 39.1 Å². The van der Waals surface area contributed by atoms with Gasteiger partial charge in [0.25, 0.3) is 0 Å². The summed E-state index contributed by atoms with van der Waals surface area (Å²) in [6, 6.07) is 1.51. The third-order valence-corrected chi connectivity index (χ3v) is 6.37. The lowest BCUT2D eigenvalue weighted by atomic mass is 10.2. The monoisotopic (exact) mass is 369 g/mol. The van der Waals surface area contributed by atoms with Gasteiger partial charge >= 0.3 is 5.97 Å². The Morgan fingerprint density at radius 2 is 1.96 bits per heavy atom. The highest BCUT2D eigenvalue weighted by atomic mass is 32.2. The van der Waals surface area contributed by atoms with Crippen LogP contribution in [0, 0.1) is 13.8 Å². The van der Waals surface area contributed by atoms with E-state index in [0.29, 0.717) is 35.8 Å². The van der Waals surface area contributed by atoms with Crippen molar-refractivity contribution in [2.24, 2.45) is 0 Å². The molecule has 0 amide bonds. The maximum atomic E-state index is 12.8. The van der Waals surface area contributed by atoms with Gasteiger partial charge in [-0.05, 0) is 19.9 Å². The Morgan fingerprint density at radius 1 is 1.32 bits per heavy atom. The Balaban J connectivity index is 2.45. The Morgan fingerprint density at radius 3 is 2.52 bits per heavy atom. The Hall–Kier alpha value is -2.13. The summed E-state index contributed by atoms with van der Waals surface area (Å²) in [5.41, 5.74) is 1.20. The number of esters is 1. The first kappa shape index (κ1) is 19.2. The highest BCUT2D eigenvalue weighted by Gasteiger charge is 2.29. The minimum Gasteiger partial charge on any atom is -0.466 e. The molecule has 25 heavy (non-hydrogen) atoms. The third-order valence-electron chi connectivity index (χ3n) is 4.06. The maximum Gasteiger partial charge on any atom is 0.341 e. The minimum atomic E-state index is -3.62. The molecule has 0 fully saturated rings. The van der Waals surface area contributed by atoms with Crippen molar-refractivity contribution in [3.05, 3.63) is 35.0 Å². The fraction of sp³-hybridized carbons (Fsp3) is 0.500. The molecule has 2 aromatic heterocycles. The molecule has 0 aliphatic heterocycles. The van der Waals surface area contributed by atoms with Crippen molar-refractivity contribution < 1.29 is 22.4 Å². The summed E-state index contributed by atoms with van der Waals surface area (Å²) in [5.74, 6) is -0.148. The molecule has 2 heterocycles. The quantitative estimate of drug-likeness (QED) is 0.693. The van der Waals surface area contributed by atoms with Crippen LogP contribution in [-0.4, -0.2) is 48.7 Å². The smallest absolute Gasteiger partial charge is 0.341 e. The summed E-state index contributed by atoms with van der Waals surface area (Å²) in [5, 5.41) is 4.33. The zero-order chi connectivity index (χ0) is 18.8. The predicted octanol–water partition coefficient (Wildman–Crippen LogP) is 1.96. The third kappa shape index (κ3) is 3.47. The van der Waals surface area contributed by atoms with E-state index in [9.17, 15) is 13.2 Å². The van der Waals surface area contributed by atoms with Crippen LogP contribution >= 0.6 is 0 Å². The fourth-order valence-electron chi connectivity index (χ4n) is 2.79. The fourth-order valence-corrected chi connectivity index (χ4v) is 4.62. The second kappa shape index (κ2) is 7.40. The van der Waals surface area contributed by atoms with Gasteiger partial charge in [-0.2, -0.15) is 9.40 Å². The molecule has 8 nitrogen and oxygen atoms in total. The molecule has 0 aliphatic carbocycles. The highest BCUT2D eigenvalue weighted by molar-refractivity contribution is 7.89. The molecule has 0 atom stereocenters. The molecule has 2 aromatic rings. The van der Waals surface area contributed by atoms with Gasteiger partial charge in [-0.15, -0.1) is 0 Å². The molecule has 0 aliphatic rings. The average Bonchev–Trinajstić information content (AvgIpc) is 3.12. The number of hydrogen-bond donors (Lipinski definition) is 0. The molecule has 0 radical (unpaired) electrons. The summed E-state index contributed by atoms with van der Waals surface area (Å²) in [4.78, 5) is 12.0. The molecule has 138 valence electrons. The molecule has 0 saturated heterocycles. The van der Waals surface area contributed by atoms with E-state index in [-0.39, 0.29) is 11.4 Å². The van der Waals surface area contributed by atoms with E-state index in [1.807, 2.05) is 0 Å². The van der Waals surface area contributed by atoms with Crippen molar-refractivity contribution in [2.75, 3.05) is 20.2 Å². The number of nitrogens with zero attached hydrogens (tertiary/aromatic N) is 3. The summed E-state index contributed by atoms with van der Waals surface area (Å²) >= 11 is 0. The Bertz CT molecular complexity index is 862. The molecular weight excluding hydrogens is 346 g/mol. The van der Waals surface area contributed by atoms with E-state index in [2.05, 4.69) is 5.10 Å². The van der Waals surface area contributed by atoms with Gasteiger partial charge in [0.05, 0.1) is 24.8 Å². The molecule has 0 aromatic carbocycles. The lowest BCUT2D eigenvalue weighted by Gasteiger charge is -2.18. The van der Waals surface area contributed by atoms with Gasteiger partial charge in [-0.3, -0.25) is 4.68 Å². The number of furan rings is 1. The van der Waals surface area contributed by atoms with E-state index in [4.69, 9.17) is 9.15 Å². The van der Waals surface area contributed by atoms with Crippen molar-refractivity contribution in [3.63, 3.8) is 0 Å². The molecular formula is C16H23N3O5S. The van der Waals surface area contributed by atoms with Gasteiger partial charge in [-0.1, -0.05) is 13.8 Å². The van der Waals surface area contributed by atoms with Gasteiger partial charge in [0.15, 0.2) is 0 Å². The van der Waals surface area contributed by atoms with Crippen LogP contribution in [0.25, 0.3) is 0 Å². The Kier molecular flexibility index (Phi) is 5.69. The van der Waals surface area contributed by atoms with Crippen LogP contribution in [0.1, 0.15) is 41.4 Å². The van der Waals surface area contributed by atoms with E-state index in [1.54, 1.807) is 27.7 Å². The van der Waals surface area contributed by atoms with E-state index in [1.165, 1.54) is 28.4 Å². The summed E-state index contributed by atoms with van der Waals surface area (Å²) < 4.78 is 38.7. The van der Waals surface area contributed by atoms with Crippen LogP contribution in [0.15, 0.2) is 21.6 Å². The standard InChI is InChI=1S/C16H23N3O5S/c1-6-18(7-2)25(21,22)15-11(3)17-19(12(15)4)10-14-13(8-9-24-14)16(20)23-5/h8-9H,6-7,10H2,1-5H3. The van der Waals surface area contributed by atoms with Crippen LogP contribution in [-0.2, 0) is 21.3 Å². The molecule has 0 unspecified atom stereocenters. The maximum absolute atomic E-state index is 12.8.